The highest BCUT2D eigenvalue weighted by molar-refractivity contribution is 7.80. The average Bonchev–Trinajstić information content (AvgIpc) is 2.39. The van der Waals surface area contributed by atoms with E-state index in [9.17, 15) is 0 Å². The first-order valence-corrected chi connectivity index (χ1v) is 6.32. The molecule has 1 unspecified atom stereocenters. The lowest BCUT2D eigenvalue weighted by atomic mass is 10.3. The highest BCUT2D eigenvalue weighted by Gasteiger charge is 2.04. The van der Waals surface area contributed by atoms with Crippen LogP contribution in [0.3, 0.4) is 0 Å². The largest absolute Gasteiger partial charge is 0.376 e. The molecule has 104 valence electrons. The fraction of sp³-hybridized carbons (Fsp3) is 0.417. The van der Waals surface area contributed by atoms with E-state index in [1.807, 2.05) is 25.1 Å². The maximum atomic E-state index is 5.44. The Bertz CT molecular complexity index is 423. The number of nitrogens with two attached hydrogens (primary N) is 1. The van der Waals surface area contributed by atoms with Gasteiger partial charge in [0.15, 0.2) is 11.1 Å². The van der Waals surface area contributed by atoms with Crippen LogP contribution in [0.1, 0.15) is 12.6 Å². The molecule has 0 fully saturated rings. The first-order valence-electron chi connectivity index (χ1n) is 5.92. The van der Waals surface area contributed by atoms with E-state index in [2.05, 4.69) is 20.6 Å². The third kappa shape index (κ3) is 6.68. The third-order valence-corrected chi connectivity index (χ3v) is 2.40. The van der Waals surface area contributed by atoms with Crippen LogP contribution in [-0.2, 0) is 11.2 Å². The van der Waals surface area contributed by atoms with Gasteiger partial charge >= 0.3 is 0 Å². The van der Waals surface area contributed by atoms with Crippen LogP contribution in [0.5, 0.6) is 0 Å². The Hall–Kier alpha value is -1.73. The summed E-state index contributed by atoms with van der Waals surface area (Å²) in [5, 5.41) is 5.95. The van der Waals surface area contributed by atoms with Crippen molar-refractivity contribution in [2.24, 2.45) is 10.7 Å². The zero-order valence-corrected chi connectivity index (χ0v) is 11.9. The van der Waals surface area contributed by atoms with E-state index in [4.69, 9.17) is 22.7 Å². The van der Waals surface area contributed by atoms with Crippen molar-refractivity contribution >= 4 is 23.3 Å². The van der Waals surface area contributed by atoms with Crippen LogP contribution in [0.2, 0.25) is 0 Å². The highest BCUT2D eigenvalue weighted by Crippen LogP contribution is 1.94. The van der Waals surface area contributed by atoms with Gasteiger partial charge in [0, 0.05) is 32.0 Å². The Labute approximate surface area is 118 Å². The Morgan fingerprint density at radius 3 is 2.95 bits per heavy atom. The number of aliphatic imine (C=N–C) groups is 1. The number of nitrogens with zero attached hydrogens (tertiary/aromatic N) is 2. The van der Waals surface area contributed by atoms with Crippen LogP contribution < -0.4 is 16.4 Å². The maximum absolute atomic E-state index is 5.44. The van der Waals surface area contributed by atoms with Gasteiger partial charge in [0.1, 0.15) is 6.23 Å². The summed E-state index contributed by atoms with van der Waals surface area (Å²) in [6.45, 7) is 2.43. The molecule has 1 atom stereocenters. The van der Waals surface area contributed by atoms with Crippen LogP contribution in [0.25, 0.3) is 0 Å². The molecular formula is C12H19N5OS. The molecule has 0 bridgehead atoms. The lowest BCUT2D eigenvalue weighted by Gasteiger charge is -2.16. The van der Waals surface area contributed by atoms with Gasteiger partial charge in [0.2, 0.25) is 0 Å². The molecule has 7 heteroatoms. The minimum absolute atomic E-state index is 0.160. The van der Waals surface area contributed by atoms with E-state index in [0.717, 1.165) is 12.1 Å². The molecule has 1 aromatic heterocycles. The smallest absolute Gasteiger partial charge is 0.199 e. The van der Waals surface area contributed by atoms with Gasteiger partial charge in [-0.05, 0) is 31.3 Å². The zero-order valence-electron chi connectivity index (χ0n) is 11.1. The number of nitrogens with one attached hydrogen (secondary N) is 2. The molecule has 0 radical (unpaired) electrons. The molecule has 1 heterocycles. The summed E-state index contributed by atoms with van der Waals surface area (Å²) in [6.07, 6.45) is 2.32. The summed E-state index contributed by atoms with van der Waals surface area (Å²) >= 11 is 4.80. The van der Waals surface area contributed by atoms with Gasteiger partial charge in [-0.3, -0.25) is 9.98 Å². The van der Waals surface area contributed by atoms with Crippen LogP contribution in [0.4, 0.5) is 0 Å². The Morgan fingerprint density at radius 2 is 2.37 bits per heavy atom. The third-order valence-electron chi connectivity index (χ3n) is 2.30. The minimum atomic E-state index is -0.185. The number of rotatable bonds is 5. The summed E-state index contributed by atoms with van der Waals surface area (Å²) in [4.78, 5) is 8.58. The Balaban J connectivity index is 2.53. The first-order chi connectivity index (χ1) is 9.11. The number of aromatic nitrogens is 1. The molecule has 0 saturated heterocycles. The van der Waals surface area contributed by atoms with E-state index in [-0.39, 0.29) is 11.3 Å². The minimum Gasteiger partial charge on any atom is -0.376 e. The number of ether oxygens (including phenoxy) is 1. The van der Waals surface area contributed by atoms with Crippen molar-refractivity contribution < 1.29 is 4.74 Å². The van der Waals surface area contributed by atoms with E-state index >= 15 is 0 Å². The molecular weight excluding hydrogens is 262 g/mol. The lowest BCUT2D eigenvalue weighted by Crippen LogP contribution is -2.47. The molecule has 1 aromatic rings. The van der Waals surface area contributed by atoms with Gasteiger partial charge in [-0.1, -0.05) is 6.07 Å². The highest BCUT2D eigenvalue weighted by atomic mass is 32.1. The molecule has 19 heavy (non-hydrogen) atoms. The van der Waals surface area contributed by atoms with Crippen molar-refractivity contribution in [2.45, 2.75) is 19.6 Å². The molecule has 0 spiro atoms. The number of hydrogen-bond acceptors (Lipinski definition) is 4. The topological polar surface area (TPSA) is 84.6 Å². The summed E-state index contributed by atoms with van der Waals surface area (Å²) in [5.74, 6) is 0.498. The van der Waals surface area contributed by atoms with Gasteiger partial charge in [-0.15, -0.1) is 0 Å². The van der Waals surface area contributed by atoms with E-state index in [1.165, 1.54) is 0 Å². The van der Waals surface area contributed by atoms with Gasteiger partial charge in [-0.25, -0.2) is 0 Å². The molecule has 0 amide bonds. The van der Waals surface area contributed by atoms with E-state index in [0.29, 0.717) is 12.5 Å². The Kier molecular flexibility index (Phi) is 6.76. The fourth-order valence-electron chi connectivity index (χ4n) is 1.32. The van der Waals surface area contributed by atoms with Crippen LogP contribution in [-0.4, -0.2) is 35.9 Å². The quantitative estimate of drug-likeness (QED) is 0.313. The summed E-state index contributed by atoms with van der Waals surface area (Å²) in [5.41, 5.74) is 6.43. The van der Waals surface area contributed by atoms with Gasteiger partial charge in [0.05, 0.1) is 0 Å². The summed E-state index contributed by atoms with van der Waals surface area (Å²) in [6, 6.07) is 5.79. The van der Waals surface area contributed by atoms with Crippen molar-refractivity contribution in [1.82, 2.24) is 15.6 Å². The van der Waals surface area contributed by atoms with Crippen molar-refractivity contribution in [2.75, 3.05) is 13.7 Å². The first kappa shape index (κ1) is 15.3. The van der Waals surface area contributed by atoms with Gasteiger partial charge in [-0.2, -0.15) is 0 Å². The zero-order chi connectivity index (χ0) is 14.1. The molecule has 0 aliphatic rings. The molecule has 0 aliphatic heterocycles. The van der Waals surface area contributed by atoms with Crippen molar-refractivity contribution in [3.8, 4) is 0 Å². The van der Waals surface area contributed by atoms with Crippen molar-refractivity contribution in [3.05, 3.63) is 30.1 Å². The Morgan fingerprint density at radius 1 is 1.58 bits per heavy atom. The number of guanidine groups is 1. The second-order valence-corrected chi connectivity index (χ2v) is 4.25. The number of hydrogen-bond donors (Lipinski definition) is 3. The SMILES string of the molecule is COC(C)NC(=NCCc1ccccn1)NC(N)=S. The van der Waals surface area contributed by atoms with E-state index < -0.39 is 0 Å². The number of pyridine rings is 1. The number of methoxy groups -OCH3 is 1. The summed E-state index contributed by atoms with van der Waals surface area (Å²) < 4.78 is 5.10. The fourth-order valence-corrected chi connectivity index (χ4v) is 1.41. The van der Waals surface area contributed by atoms with Crippen LogP contribution >= 0.6 is 12.2 Å². The second kappa shape index (κ2) is 8.39. The molecule has 0 aliphatic carbocycles. The van der Waals surface area contributed by atoms with Gasteiger partial charge < -0.3 is 21.1 Å². The summed E-state index contributed by atoms with van der Waals surface area (Å²) in [7, 11) is 1.60. The van der Waals surface area contributed by atoms with Gasteiger partial charge in [0.25, 0.3) is 0 Å². The normalized spacial score (nSPS) is 12.8. The standard InChI is InChI=1S/C12H19N5OS/c1-9(18-2)16-12(17-11(13)19)15-8-6-10-5-3-4-7-14-10/h3-5,7,9H,6,8H2,1-2H3,(H4,13,15,16,17,19). The average molecular weight is 281 g/mol. The molecule has 6 nitrogen and oxygen atoms in total. The number of thiocarbonyl (C=S) groups is 1. The monoisotopic (exact) mass is 281 g/mol. The molecule has 1 rings (SSSR count). The maximum Gasteiger partial charge on any atom is 0.199 e. The predicted octanol–water partition coefficient (Wildman–Crippen LogP) is 0.395. The molecule has 4 N–H and O–H groups in total. The lowest BCUT2D eigenvalue weighted by molar-refractivity contribution is 0.106. The molecule has 0 saturated carbocycles. The predicted molar refractivity (Wildman–Crippen MR) is 79.8 cm³/mol. The van der Waals surface area contributed by atoms with Crippen molar-refractivity contribution in [1.29, 1.82) is 0 Å². The molecule has 0 aromatic carbocycles. The van der Waals surface area contributed by atoms with Crippen LogP contribution in [0.15, 0.2) is 29.4 Å². The second-order valence-electron chi connectivity index (χ2n) is 3.81. The van der Waals surface area contributed by atoms with E-state index in [1.54, 1.807) is 13.3 Å². The van der Waals surface area contributed by atoms with Crippen molar-refractivity contribution in [3.63, 3.8) is 0 Å². The van der Waals surface area contributed by atoms with Crippen LogP contribution in [0, 0.1) is 0 Å².